The van der Waals surface area contributed by atoms with Crippen molar-refractivity contribution in [2.24, 2.45) is 0 Å². The van der Waals surface area contributed by atoms with Gasteiger partial charge >= 0.3 is 0 Å². The van der Waals surface area contributed by atoms with E-state index in [9.17, 15) is 4.79 Å². The number of hydrogen-bond acceptors (Lipinski definition) is 4. The SMILES string of the molecule is CC(C)c1cc(Br)ccc1OCC(=O)Nc1ccccc1OCC1CCCO1. The van der Waals surface area contributed by atoms with Gasteiger partial charge in [-0.05, 0) is 54.7 Å². The summed E-state index contributed by atoms with van der Waals surface area (Å²) >= 11 is 3.48. The fourth-order valence-corrected chi connectivity index (χ4v) is 3.46. The first-order valence-electron chi connectivity index (χ1n) is 9.58. The number of benzene rings is 2. The average Bonchev–Trinajstić information content (AvgIpc) is 3.20. The zero-order chi connectivity index (χ0) is 19.9. The van der Waals surface area contributed by atoms with E-state index in [1.807, 2.05) is 42.5 Å². The molecule has 0 aliphatic carbocycles. The Kier molecular flexibility index (Phi) is 7.34. The molecule has 6 heteroatoms. The van der Waals surface area contributed by atoms with Crippen LogP contribution in [0.5, 0.6) is 11.5 Å². The van der Waals surface area contributed by atoms with E-state index < -0.39 is 0 Å². The molecule has 1 aliphatic rings. The predicted octanol–water partition coefficient (Wildman–Crippen LogP) is 5.15. The van der Waals surface area contributed by atoms with E-state index in [0.717, 1.165) is 35.2 Å². The summed E-state index contributed by atoms with van der Waals surface area (Å²) in [5.41, 5.74) is 1.69. The third-order valence-corrected chi connectivity index (χ3v) is 5.06. The lowest BCUT2D eigenvalue weighted by molar-refractivity contribution is -0.118. The maximum absolute atomic E-state index is 12.4. The van der Waals surface area contributed by atoms with Crippen LogP contribution in [0.25, 0.3) is 0 Å². The van der Waals surface area contributed by atoms with E-state index in [0.29, 0.717) is 24.0 Å². The van der Waals surface area contributed by atoms with E-state index in [1.54, 1.807) is 0 Å². The van der Waals surface area contributed by atoms with Gasteiger partial charge < -0.3 is 19.5 Å². The van der Waals surface area contributed by atoms with Crippen molar-refractivity contribution in [3.63, 3.8) is 0 Å². The Morgan fingerprint density at radius 3 is 2.79 bits per heavy atom. The number of para-hydroxylation sites is 2. The van der Waals surface area contributed by atoms with Gasteiger partial charge in [-0.15, -0.1) is 0 Å². The minimum absolute atomic E-state index is 0.0680. The summed E-state index contributed by atoms with van der Waals surface area (Å²) in [6.07, 6.45) is 2.20. The van der Waals surface area contributed by atoms with Crippen LogP contribution in [-0.4, -0.2) is 31.8 Å². The van der Waals surface area contributed by atoms with Crippen LogP contribution in [0.4, 0.5) is 5.69 Å². The summed E-state index contributed by atoms with van der Waals surface area (Å²) in [4.78, 5) is 12.4. The average molecular weight is 448 g/mol. The smallest absolute Gasteiger partial charge is 0.262 e. The molecule has 1 N–H and O–H groups in total. The second-order valence-corrected chi connectivity index (χ2v) is 8.03. The maximum Gasteiger partial charge on any atom is 0.262 e. The number of halogens is 1. The predicted molar refractivity (Wildman–Crippen MR) is 113 cm³/mol. The first-order chi connectivity index (χ1) is 13.5. The molecule has 0 bridgehead atoms. The van der Waals surface area contributed by atoms with Gasteiger partial charge in [-0.25, -0.2) is 0 Å². The third-order valence-electron chi connectivity index (χ3n) is 4.56. The Morgan fingerprint density at radius 2 is 2.04 bits per heavy atom. The molecule has 1 heterocycles. The Hall–Kier alpha value is -2.05. The normalized spacial score (nSPS) is 16.2. The summed E-state index contributed by atoms with van der Waals surface area (Å²) in [5.74, 6) is 1.42. The van der Waals surface area contributed by atoms with Gasteiger partial charge in [-0.2, -0.15) is 0 Å². The van der Waals surface area contributed by atoms with Gasteiger partial charge in [-0.3, -0.25) is 4.79 Å². The Morgan fingerprint density at radius 1 is 1.21 bits per heavy atom. The van der Waals surface area contributed by atoms with E-state index in [1.165, 1.54) is 0 Å². The zero-order valence-electron chi connectivity index (χ0n) is 16.2. The molecule has 1 unspecified atom stereocenters. The molecule has 1 saturated heterocycles. The highest BCUT2D eigenvalue weighted by Gasteiger charge is 2.17. The Balaban J connectivity index is 1.58. The summed E-state index contributed by atoms with van der Waals surface area (Å²) in [6.45, 7) is 5.40. The quantitative estimate of drug-likeness (QED) is 0.607. The van der Waals surface area contributed by atoms with Gasteiger partial charge in [0, 0.05) is 11.1 Å². The van der Waals surface area contributed by atoms with Crippen LogP contribution in [0.3, 0.4) is 0 Å². The molecule has 28 heavy (non-hydrogen) atoms. The molecule has 1 aliphatic heterocycles. The van der Waals surface area contributed by atoms with E-state index >= 15 is 0 Å². The van der Waals surface area contributed by atoms with E-state index in [4.69, 9.17) is 14.2 Å². The van der Waals surface area contributed by atoms with Crippen LogP contribution >= 0.6 is 15.9 Å². The molecular weight excluding hydrogens is 422 g/mol. The topological polar surface area (TPSA) is 56.8 Å². The number of carbonyl (C=O) groups excluding carboxylic acids is 1. The minimum atomic E-state index is -0.231. The van der Waals surface area contributed by atoms with Crippen LogP contribution < -0.4 is 14.8 Å². The second kappa shape index (κ2) is 9.94. The fraction of sp³-hybridized carbons (Fsp3) is 0.409. The molecule has 3 rings (SSSR count). The molecule has 2 aromatic rings. The van der Waals surface area contributed by atoms with Crippen LogP contribution in [-0.2, 0) is 9.53 Å². The van der Waals surface area contributed by atoms with Crippen molar-refractivity contribution in [1.29, 1.82) is 0 Å². The number of nitrogens with one attached hydrogen (secondary N) is 1. The Bertz CT molecular complexity index is 803. The standard InChI is InChI=1S/C22H26BrNO4/c1-15(2)18-12-16(23)9-10-20(18)28-14-22(25)24-19-7-3-4-8-21(19)27-13-17-6-5-11-26-17/h3-4,7-10,12,15,17H,5-6,11,13-14H2,1-2H3,(H,24,25). The van der Waals surface area contributed by atoms with Crippen molar-refractivity contribution in [3.8, 4) is 11.5 Å². The first-order valence-corrected chi connectivity index (χ1v) is 10.4. The second-order valence-electron chi connectivity index (χ2n) is 7.12. The number of ether oxygens (including phenoxy) is 3. The largest absolute Gasteiger partial charge is 0.489 e. The van der Waals surface area contributed by atoms with Crippen LogP contribution in [0.1, 0.15) is 38.2 Å². The number of hydrogen-bond donors (Lipinski definition) is 1. The number of rotatable bonds is 8. The monoisotopic (exact) mass is 447 g/mol. The molecule has 1 fully saturated rings. The van der Waals surface area contributed by atoms with Gasteiger partial charge in [0.05, 0.1) is 11.8 Å². The molecule has 150 valence electrons. The Labute approximate surface area is 174 Å². The minimum Gasteiger partial charge on any atom is -0.489 e. The van der Waals surface area contributed by atoms with Crippen LogP contribution in [0, 0.1) is 0 Å². The summed E-state index contributed by atoms with van der Waals surface area (Å²) < 4.78 is 18.2. The lowest BCUT2D eigenvalue weighted by Crippen LogP contribution is -2.22. The highest BCUT2D eigenvalue weighted by Crippen LogP contribution is 2.30. The lowest BCUT2D eigenvalue weighted by atomic mass is 10.0. The lowest BCUT2D eigenvalue weighted by Gasteiger charge is -2.16. The molecule has 0 radical (unpaired) electrons. The van der Waals surface area contributed by atoms with Crippen molar-refractivity contribution in [2.45, 2.75) is 38.7 Å². The van der Waals surface area contributed by atoms with Crippen molar-refractivity contribution < 1.29 is 19.0 Å². The number of carbonyl (C=O) groups is 1. The number of amides is 1. The van der Waals surface area contributed by atoms with Gasteiger partial charge in [-0.1, -0.05) is 41.9 Å². The molecule has 5 nitrogen and oxygen atoms in total. The molecule has 0 spiro atoms. The molecule has 0 aromatic heterocycles. The van der Waals surface area contributed by atoms with Gasteiger partial charge in [0.25, 0.3) is 5.91 Å². The van der Waals surface area contributed by atoms with E-state index in [-0.39, 0.29) is 18.6 Å². The first kappa shape index (κ1) is 20.7. The van der Waals surface area contributed by atoms with Crippen LogP contribution in [0.15, 0.2) is 46.9 Å². The van der Waals surface area contributed by atoms with Gasteiger partial charge in [0.15, 0.2) is 6.61 Å². The van der Waals surface area contributed by atoms with Gasteiger partial charge in [0.2, 0.25) is 0 Å². The molecular formula is C22H26BrNO4. The summed E-state index contributed by atoms with van der Waals surface area (Å²) in [7, 11) is 0. The number of anilines is 1. The molecule has 2 aromatic carbocycles. The molecule has 0 saturated carbocycles. The van der Waals surface area contributed by atoms with Crippen molar-refractivity contribution in [2.75, 3.05) is 25.1 Å². The molecule has 1 amide bonds. The van der Waals surface area contributed by atoms with E-state index in [2.05, 4.69) is 35.1 Å². The summed E-state index contributed by atoms with van der Waals surface area (Å²) in [5, 5.41) is 2.88. The summed E-state index contributed by atoms with van der Waals surface area (Å²) in [6, 6.07) is 13.2. The fourth-order valence-electron chi connectivity index (χ4n) is 3.09. The van der Waals surface area contributed by atoms with Crippen molar-refractivity contribution >= 4 is 27.5 Å². The third kappa shape index (κ3) is 5.72. The maximum atomic E-state index is 12.4. The highest BCUT2D eigenvalue weighted by atomic mass is 79.9. The van der Waals surface area contributed by atoms with Gasteiger partial charge in [0.1, 0.15) is 18.1 Å². The highest BCUT2D eigenvalue weighted by molar-refractivity contribution is 9.10. The molecule has 1 atom stereocenters. The zero-order valence-corrected chi connectivity index (χ0v) is 17.8. The van der Waals surface area contributed by atoms with Crippen LogP contribution in [0.2, 0.25) is 0 Å². The van der Waals surface area contributed by atoms with Crippen molar-refractivity contribution in [1.82, 2.24) is 0 Å². The van der Waals surface area contributed by atoms with Crippen molar-refractivity contribution in [3.05, 3.63) is 52.5 Å².